The molecular weight excluding hydrogens is 368 g/mol. The summed E-state index contributed by atoms with van der Waals surface area (Å²) in [7, 11) is 0. The molecule has 0 aromatic rings. The molecule has 0 radical (unpaired) electrons. The Morgan fingerprint density at radius 3 is 1.86 bits per heavy atom. The summed E-state index contributed by atoms with van der Waals surface area (Å²) >= 11 is 0. The van der Waals surface area contributed by atoms with E-state index in [1.54, 1.807) is 0 Å². The number of unbranched alkanes of at least 4 members (excludes halogenated alkanes) is 2. The lowest BCUT2D eigenvalue weighted by Gasteiger charge is -2.20. The molecule has 0 saturated heterocycles. The number of carboxylic acid groups (broad SMARTS) is 1. The molecule has 162 valence electrons. The van der Waals surface area contributed by atoms with Crippen LogP contribution in [0.1, 0.15) is 45.4 Å². The second-order valence-corrected chi connectivity index (χ2v) is 6.59. The van der Waals surface area contributed by atoms with Crippen molar-refractivity contribution in [3.8, 4) is 0 Å². The number of nitrogens with one attached hydrogen (secondary N) is 3. The molecule has 0 fully saturated rings. The van der Waals surface area contributed by atoms with Gasteiger partial charge in [-0.25, -0.2) is 4.79 Å². The average molecular weight is 402 g/mol. The lowest BCUT2D eigenvalue weighted by atomic mass is 10.1. The van der Waals surface area contributed by atoms with Crippen LogP contribution in [0.15, 0.2) is 0 Å². The predicted molar refractivity (Wildman–Crippen MR) is 104 cm³/mol. The molecule has 0 aromatic heterocycles. The summed E-state index contributed by atoms with van der Waals surface area (Å²) in [5, 5.41) is 16.5. The summed E-state index contributed by atoms with van der Waals surface area (Å²) in [6.45, 7) is 1.99. The molecule has 0 bridgehead atoms. The third-order valence-corrected chi connectivity index (χ3v) is 4.00. The Balaban J connectivity index is 4.63. The first-order chi connectivity index (χ1) is 13.2. The minimum absolute atomic E-state index is 0.248. The molecule has 0 spiro atoms. The van der Waals surface area contributed by atoms with Crippen LogP contribution in [-0.2, 0) is 19.2 Å². The lowest BCUT2D eigenvalue weighted by molar-refractivity contribution is -0.142. The Hall–Kier alpha value is -2.24. The minimum Gasteiger partial charge on any atom is -0.480 e. The van der Waals surface area contributed by atoms with E-state index < -0.39 is 48.4 Å². The van der Waals surface area contributed by atoms with Crippen molar-refractivity contribution < 1.29 is 24.3 Å². The molecule has 28 heavy (non-hydrogen) atoms. The maximum atomic E-state index is 12.3. The van der Waals surface area contributed by atoms with E-state index >= 15 is 0 Å². The smallest absolute Gasteiger partial charge is 0.326 e. The van der Waals surface area contributed by atoms with Crippen molar-refractivity contribution >= 4 is 23.7 Å². The van der Waals surface area contributed by atoms with E-state index in [1.807, 2.05) is 0 Å². The van der Waals surface area contributed by atoms with Crippen molar-refractivity contribution in [3.63, 3.8) is 0 Å². The highest BCUT2D eigenvalue weighted by molar-refractivity contribution is 5.92. The molecular formula is C17H34N6O5. The van der Waals surface area contributed by atoms with Gasteiger partial charge in [0.15, 0.2) is 0 Å². The van der Waals surface area contributed by atoms with Gasteiger partial charge in [0, 0.05) is 0 Å². The van der Waals surface area contributed by atoms with Crippen LogP contribution in [0.25, 0.3) is 0 Å². The molecule has 0 aliphatic heterocycles. The van der Waals surface area contributed by atoms with Crippen LogP contribution in [0.5, 0.6) is 0 Å². The van der Waals surface area contributed by atoms with Gasteiger partial charge in [-0.05, 0) is 58.5 Å². The number of carboxylic acids is 1. The zero-order valence-corrected chi connectivity index (χ0v) is 16.4. The molecule has 11 heteroatoms. The third kappa shape index (κ3) is 11.5. The van der Waals surface area contributed by atoms with E-state index in [2.05, 4.69) is 16.0 Å². The SMILES string of the molecule is CC(N)C(=O)NC(CCCCN)C(=O)NCC(=O)NC(CCCCN)C(=O)O. The number of rotatable bonds is 15. The highest BCUT2D eigenvalue weighted by Crippen LogP contribution is 2.02. The molecule has 0 rings (SSSR count). The topological polar surface area (TPSA) is 203 Å². The van der Waals surface area contributed by atoms with Crippen molar-refractivity contribution in [1.29, 1.82) is 0 Å². The highest BCUT2D eigenvalue weighted by atomic mass is 16.4. The maximum absolute atomic E-state index is 12.3. The Morgan fingerprint density at radius 1 is 0.857 bits per heavy atom. The van der Waals surface area contributed by atoms with Crippen LogP contribution in [0.3, 0.4) is 0 Å². The molecule has 3 amide bonds. The van der Waals surface area contributed by atoms with Crippen LogP contribution in [-0.4, -0.2) is 66.6 Å². The summed E-state index contributed by atoms with van der Waals surface area (Å²) in [6.07, 6.45) is 3.11. The number of carbonyl (C=O) groups excluding carboxylic acids is 3. The van der Waals surface area contributed by atoms with Gasteiger partial charge >= 0.3 is 5.97 Å². The van der Waals surface area contributed by atoms with Gasteiger partial charge in [-0.3, -0.25) is 14.4 Å². The van der Waals surface area contributed by atoms with Crippen LogP contribution in [0, 0.1) is 0 Å². The van der Waals surface area contributed by atoms with E-state index in [1.165, 1.54) is 6.92 Å². The zero-order valence-electron chi connectivity index (χ0n) is 16.4. The van der Waals surface area contributed by atoms with E-state index in [0.717, 1.165) is 0 Å². The Bertz CT molecular complexity index is 514. The quantitative estimate of drug-likeness (QED) is 0.149. The fraction of sp³-hybridized carbons (Fsp3) is 0.765. The molecule has 3 unspecified atom stereocenters. The number of carbonyl (C=O) groups is 4. The van der Waals surface area contributed by atoms with Gasteiger partial charge in [-0.15, -0.1) is 0 Å². The van der Waals surface area contributed by atoms with E-state index in [-0.39, 0.29) is 6.42 Å². The number of hydrogen-bond donors (Lipinski definition) is 7. The monoisotopic (exact) mass is 402 g/mol. The Labute approximate surface area is 165 Å². The number of amides is 3. The third-order valence-electron chi connectivity index (χ3n) is 4.00. The molecule has 0 heterocycles. The lowest BCUT2D eigenvalue weighted by Crippen LogP contribution is -2.53. The Kier molecular flexibility index (Phi) is 13.6. The number of hydrogen-bond acceptors (Lipinski definition) is 7. The first-order valence-corrected chi connectivity index (χ1v) is 9.48. The summed E-state index contributed by atoms with van der Waals surface area (Å²) < 4.78 is 0. The highest BCUT2D eigenvalue weighted by Gasteiger charge is 2.23. The molecule has 0 saturated carbocycles. The van der Waals surface area contributed by atoms with Gasteiger partial charge in [0.25, 0.3) is 0 Å². The summed E-state index contributed by atoms with van der Waals surface area (Å²) in [5.74, 6) is -2.81. The average Bonchev–Trinajstić information content (AvgIpc) is 2.64. The molecule has 10 N–H and O–H groups in total. The van der Waals surface area contributed by atoms with Crippen molar-refractivity contribution in [1.82, 2.24) is 16.0 Å². The van der Waals surface area contributed by atoms with Crippen LogP contribution < -0.4 is 33.2 Å². The second-order valence-electron chi connectivity index (χ2n) is 6.59. The summed E-state index contributed by atoms with van der Waals surface area (Å²) in [6, 6.07) is -2.68. The maximum Gasteiger partial charge on any atom is 0.326 e. The van der Waals surface area contributed by atoms with Crippen LogP contribution >= 0.6 is 0 Å². The van der Waals surface area contributed by atoms with Gasteiger partial charge < -0.3 is 38.3 Å². The van der Waals surface area contributed by atoms with E-state index in [0.29, 0.717) is 45.2 Å². The zero-order chi connectivity index (χ0) is 21.5. The standard InChI is InChI=1S/C17H34N6O5/c1-11(20)15(25)23-12(6-2-4-8-18)16(26)21-10-14(24)22-13(17(27)28)7-3-5-9-19/h11-13H,2-10,18-20H2,1H3,(H,21,26)(H,22,24)(H,23,25)(H,27,28). The fourth-order valence-electron chi connectivity index (χ4n) is 2.35. The first-order valence-electron chi connectivity index (χ1n) is 9.48. The first kappa shape index (κ1) is 25.8. The predicted octanol–water partition coefficient (Wildman–Crippen LogP) is -2.24. The van der Waals surface area contributed by atoms with Crippen LogP contribution in [0.4, 0.5) is 0 Å². The van der Waals surface area contributed by atoms with Gasteiger partial charge in [0.1, 0.15) is 12.1 Å². The van der Waals surface area contributed by atoms with Crippen molar-refractivity contribution in [2.45, 2.75) is 63.6 Å². The summed E-state index contributed by atoms with van der Waals surface area (Å²) in [4.78, 5) is 47.3. The van der Waals surface area contributed by atoms with Gasteiger partial charge in [0.2, 0.25) is 17.7 Å². The van der Waals surface area contributed by atoms with Gasteiger partial charge in [-0.1, -0.05) is 0 Å². The van der Waals surface area contributed by atoms with Crippen molar-refractivity contribution in [3.05, 3.63) is 0 Å². The van der Waals surface area contributed by atoms with E-state index in [9.17, 15) is 19.2 Å². The normalized spacial score (nSPS) is 13.9. The molecule has 0 aromatic carbocycles. The molecule has 11 nitrogen and oxygen atoms in total. The van der Waals surface area contributed by atoms with Crippen molar-refractivity contribution in [2.24, 2.45) is 17.2 Å². The number of aliphatic carboxylic acids is 1. The minimum atomic E-state index is -1.15. The summed E-state index contributed by atoms with van der Waals surface area (Å²) in [5.41, 5.74) is 16.3. The van der Waals surface area contributed by atoms with Gasteiger partial charge in [-0.2, -0.15) is 0 Å². The van der Waals surface area contributed by atoms with E-state index in [4.69, 9.17) is 22.3 Å². The second kappa shape index (κ2) is 14.8. The van der Waals surface area contributed by atoms with Crippen molar-refractivity contribution in [2.75, 3.05) is 19.6 Å². The molecule has 0 aliphatic carbocycles. The number of nitrogens with two attached hydrogens (primary N) is 3. The fourth-order valence-corrected chi connectivity index (χ4v) is 2.35. The Morgan fingerprint density at radius 2 is 1.39 bits per heavy atom. The molecule has 0 aliphatic rings. The van der Waals surface area contributed by atoms with Gasteiger partial charge in [0.05, 0.1) is 12.6 Å². The molecule has 3 atom stereocenters. The largest absolute Gasteiger partial charge is 0.480 e. The van der Waals surface area contributed by atoms with Crippen LogP contribution in [0.2, 0.25) is 0 Å².